The van der Waals surface area contributed by atoms with Crippen molar-refractivity contribution in [2.24, 2.45) is 0 Å². The Labute approximate surface area is 127 Å². The average Bonchev–Trinajstić information content (AvgIpc) is 2.45. The molecular weight excluding hydrogens is 268 g/mol. The lowest BCUT2D eigenvalue weighted by atomic mass is 10.2. The fraction of sp³-hybridized carbons (Fsp3) is 0.733. The minimum Gasteiger partial charge on any atom is -0.396 e. The molecule has 0 aromatic carbocycles. The van der Waals surface area contributed by atoms with Gasteiger partial charge >= 0.3 is 0 Å². The fourth-order valence-corrected chi connectivity index (χ4v) is 2.04. The molecule has 0 aliphatic carbocycles. The first-order valence-electron chi connectivity index (χ1n) is 7.69. The minimum atomic E-state index is 0.181. The maximum Gasteiger partial charge on any atom is 0.158 e. The summed E-state index contributed by atoms with van der Waals surface area (Å²) in [5, 5.41) is 12.3. The Bertz CT molecular complexity index is 413. The van der Waals surface area contributed by atoms with Crippen LogP contribution < -0.4 is 10.2 Å². The molecule has 2 N–H and O–H groups in total. The van der Waals surface area contributed by atoms with Crippen LogP contribution in [0.25, 0.3) is 0 Å². The van der Waals surface area contributed by atoms with Crippen LogP contribution in [0.15, 0.2) is 6.07 Å². The number of nitrogens with zero attached hydrogens (tertiary/aromatic N) is 3. The zero-order valence-electron chi connectivity index (χ0n) is 13.6. The molecule has 1 aromatic rings. The first-order chi connectivity index (χ1) is 10.1. The van der Waals surface area contributed by atoms with Crippen LogP contribution in [-0.2, 0) is 11.3 Å². The number of aromatic nitrogens is 2. The van der Waals surface area contributed by atoms with E-state index < -0.39 is 0 Å². The Kier molecular flexibility index (Phi) is 8.00. The molecule has 0 aliphatic heterocycles. The van der Waals surface area contributed by atoms with Crippen molar-refractivity contribution in [3.63, 3.8) is 0 Å². The van der Waals surface area contributed by atoms with Gasteiger partial charge in [0.25, 0.3) is 0 Å². The van der Waals surface area contributed by atoms with Crippen LogP contribution in [-0.4, -0.2) is 47.4 Å². The van der Waals surface area contributed by atoms with Crippen LogP contribution in [0.5, 0.6) is 0 Å². The molecule has 0 saturated heterocycles. The standard InChI is InChI=1S/C15H28N4O2/c1-5-16-13-10-15(18-14(17-13)11-21-6-2)19(12(3)4)8-7-9-20/h10,12,20H,5-9,11H2,1-4H3,(H,16,17,18). The van der Waals surface area contributed by atoms with Gasteiger partial charge in [0, 0.05) is 38.4 Å². The zero-order valence-corrected chi connectivity index (χ0v) is 13.6. The molecule has 0 spiro atoms. The van der Waals surface area contributed by atoms with Gasteiger partial charge in [-0.05, 0) is 34.1 Å². The SMILES string of the molecule is CCNc1cc(N(CCCO)C(C)C)nc(COCC)n1. The van der Waals surface area contributed by atoms with E-state index in [1.54, 1.807) is 0 Å². The van der Waals surface area contributed by atoms with Gasteiger partial charge in [-0.1, -0.05) is 0 Å². The number of ether oxygens (including phenoxy) is 1. The molecule has 6 nitrogen and oxygen atoms in total. The molecule has 0 radical (unpaired) electrons. The molecule has 120 valence electrons. The minimum absolute atomic E-state index is 0.181. The summed E-state index contributed by atoms with van der Waals surface area (Å²) in [6.45, 7) is 11.0. The predicted octanol–water partition coefficient (Wildman–Crippen LogP) is 2.04. The van der Waals surface area contributed by atoms with Crippen molar-refractivity contribution in [2.75, 3.05) is 36.5 Å². The highest BCUT2D eigenvalue weighted by Gasteiger charge is 2.14. The third-order valence-corrected chi connectivity index (χ3v) is 3.03. The molecule has 0 fully saturated rings. The fourth-order valence-electron chi connectivity index (χ4n) is 2.04. The van der Waals surface area contributed by atoms with Crippen molar-refractivity contribution >= 4 is 11.6 Å². The van der Waals surface area contributed by atoms with Gasteiger partial charge in [0.2, 0.25) is 0 Å². The van der Waals surface area contributed by atoms with Crippen LogP contribution >= 0.6 is 0 Å². The van der Waals surface area contributed by atoms with Gasteiger partial charge in [-0.3, -0.25) is 0 Å². The van der Waals surface area contributed by atoms with Gasteiger partial charge in [0.1, 0.15) is 18.2 Å². The smallest absolute Gasteiger partial charge is 0.158 e. The summed E-state index contributed by atoms with van der Waals surface area (Å²) < 4.78 is 5.42. The van der Waals surface area contributed by atoms with Crippen molar-refractivity contribution in [2.45, 2.75) is 46.8 Å². The summed E-state index contributed by atoms with van der Waals surface area (Å²) in [5.74, 6) is 2.37. The molecule has 6 heteroatoms. The molecule has 21 heavy (non-hydrogen) atoms. The van der Waals surface area contributed by atoms with Crippen molar-refractivity contribution in [1.82, 2.24) is 9.97 Å². The van der Waals surface area contributed by atoms with Crippen LogP contribution in [0.4, 0.5) is 11.6 Å². The maximum absolute atomic E-state index is 9.06. The Morgan fingerprint density at radius 1 is 1.33 bits per heavy atom. The van der Waals surface area contributed by atoms with Gasteiger partial charge in [-0.15, -0.1) is 0 Å². The summed E-state index contributed by atoms with van der Waals surface area (Å²) in [6, 6.07) is 2.26. The van der Waals surface area contributed by atoms with Crippen LogP contribution in [0, 0.1) is 0 Å². The predicted molar refractivity (Wildman–Crippen MR) is 85.7 cm³/mol. The van der Waals surface area contributed by atoms with Gasteiger partial charge in [-0.25, -0.2) is 9.97 Å². The van der Waals surface area contributed by atoms with E-state index in [1.165, 1.54) is 0 Å². The quantitative estimate of drug-likeness (QED) is 0.688. The first-order valence-corrected chi connectivity index (χ1v) is 7.69. The molecule has 0 atom stereocenters. The van der Waals surface area contributed by atoms with E-state index in [0.717, 1.165) is 31.1 Å². The molecule has 0 aliphatic rings. The maximum atomic E-state index is 9.06. The summed E-state index contributed by atoms with van der Waals surface area (Å²) >= 11 is 0. The van der Waals surface area contributed by atoms with Gasteiger partial charge in [0.05, 0.1) is 0 Å². The van der Waals surface area contributed by atoms with Gasteiger partial charge in [-0.2, -0.15) is 0 Å². The van der Waals surface area contributed by atoms with Crippen molar-refractivity contribution in [3.05, 3.63) is 11.9 Å². The van der Waals surface area contributed by atoms with E-state index in [9.17, 15) is 0 Å². The van der Waals surface area contributed by atoms with Crippen LogP contribution in [0.3, 0.4) is 0 Å². The van der Waals surface area contributed by atoms with Crippen molar-refractivity contribution in [1.29, 1.82) is 0 Å². The number of aliphatic hydroxyl groups is 1. The Morgan fingerprint density at radius 2 is 2.10 bits per heavy atom. The lowest BCUT2D eigenvalue weighted by molar-refractivity contribution is 0.128. The number of hydrogen-bond acceptors (Lipinski definition) is 6. The van der Waals surface area contributed by atoms with E-state index >= 15 is 0 Å². The number of aliphatic hydroxyl groups excluding tert-OH is 1. The third kappa shape index (κ3) is 5.85. The highest BCUT2D eigenvalue weighted by molar-refractivity contribution is 5.50. The van der Waals surface area contributed by atoms with Crippen molar-refractivity contribution in [3.8, 4) is 0 Å². The second-order valence-corrected chi connectivity index (χ2v) is 5.06. The van der Waals surface area contributed by atoms with E-state index in [-0.39, 0.29) is 6.61 Å². The summed E-state index contributed by atoms with van der Waals surface area (Å²) in [4.78, 5) is 11.2. The Balaban J connectivity index is 3.02. The molecule has 1 aromatic heterocycles. The van der Waals surface area contributed by atoms with Crippen molar-refractivity contribution < 1.29 is 9.84 Å². The summed E-state index contributed by atoms with van der Waals surface area (Å²) in [7, 11) is 0. The van der Waals surface area contributed by atoms with Crippen LogP contribution in [0.1, 0.15) is 39.9 Å². The Morgan fingerprint density at radius 3 is 2.67 bits per heavy atom. The summed E-state index contributed by atoms with van der Waals surface area (Å²) in [5.41, 5.74) is 0. The second kappa shape index (κ2) is 9.52. The lowest BCUT2D eigenvalue weighted by Gasteiger charge is -2.28. The molecule has 1 rings (SSSR count). The number of hydrogen-bond donors (Lipinski definition) is 2. The van der Waals surface area contributed by atoms with E-state index in [4.69, 9.17) is 9.84 Å². The largest absolute Gasteiger partial charge is 0.396 e. The molecule has 0 amide bonds. The van der Waals surface area contributed by atoms with E-state index in [1.807, 2.05) is 19.9 Å². The highest BCUT2D eigenvalue weighted by atomic mass is 16.5. The number of anilines is 2. The van der Waals surface area contributed by atoms with Gasteiger partial charge in [0.15, 0.2) is 5.82 Å². The monoisotopic (exact) mass is 296 g/mol. The number of rotatable bonds is 10. The normalized spacial score (nSPS) is 11.0. The molecule has 1 heterocycles. The zero-order chi connectivity index (χ0) is 15.7. The second-order valence-electron chi connectivity index (χ2n) is 5.06. The highest BCUT2D eigenvalue weighted by Crippen LogP contribution is 2.19. The van der Waals surface area contributed by atoms with E-state index in [0.29, 0.717) is 25.1 Å². The molecule has 0 unspecified atom stereocenters. The molecule has 0 bridgehead atoms. The molecule has 0 saturated carbocycles. The topological polar surface area (TPSA) is 70.5 Å². The third-order valence-electron chi connectivity index (χ3n) is 3.03. The van der Waals surface area contributed by atoms with E-state index in [2.05, 4.69) is 34.0 Å². The lowest BCUT2D eigenvalue weighted by Crippen LogP contribution is -2.33. The summed E-state index contributed by atoms with van der Waals surface area (Å²) in [6.07, 6.45) is 0.722. The number of nitrogens with one attached hydrogen (secondary N) is 1. The first kappa shape index (κ1) is 17.7. The Hall–Kier alpha value is -1.40. The average molecular weight is 296 g/mol. The van der Waals surface area contributed by atoms with Crippen LogP contribution in [0.2, 0.25) is 0 Å². The molecular formula is C15H28N4O2. The van der Waals surface area contributed by atoms with Gasteiger partial charge < -0.3 is 20.1 Å².